The fraction of sp³-hybridized carbons (Fsp3) is 0.150. The Morgan fingerprint density at radius 3 is 1.96 bits per heavy atom. The summed E-state index contributed by atoms with van der Waals surface area (Å²) in [5.74, 6) is 2.11. The highest BCUT2D eigenvalue weighted by molar-refractivity contribution is 5.77. The third-order valence-electron chi connectivity index (χ3n) is 3.70. The third-order valence-corrected chi connectivity index (χ3v) is 3.70. The van der Waals surface area contributed by atoms with Gasteiger partial charge in [-0.3, -0.25) is 4.79 Å². The van der Waals surface area contributed by atoms with E-state index in [1.165, 1.54) is 0 Å². The summed E-state index contributed by atoms with van der Waals surface area (Å²) in [6.07, 6.45) is 0.788. The maximum atomic E-state index is 10.5. The van der Waals surface area contributed by atoms with Gasteiger partial charge >= 0.3 is 0 Å². The van der Waals surface area contributed by atoms with Crippen LogP contribution in [-0.4, -0.2) is 31.7 Å². The summed E-state index contributed by atoms with van der Waals surface area (Å²) in [6, 6.07) is 14.5. The monoisotopic (exact) mass is 378 g/mol. The van der Waals surface area contributed by atoms with E-state index in [1.54, 1.807) is 32.0 Å². The fourth-order valence-electron chi connectivity index (χ4n) is 2.39. The SMILES string of the molecule is Cc1nc(-c2cccc(C=O)c2)no1.Cc1nc(-c2cccc(CO)c2)no1. The Bertz CT molecular complexity index is 1070. The van der Waals surface area contributed by atoms with Crippen LogP contribution >= 0.6 is 0 Å². The van der Waals surface area contributed by atoms with Crippen molar-refractivity contribution in [2.75, 3.05) is 0 Å². The van der Waals surface area contributed by atoms with Gasteiger partial charge in [0.05, 0.1) is 6.61 Å². The molecule has 4 rings (SSSR count). The molecule has 0 bridgehead atoms. The minimum absolute atomic E-state index is 0.0185. The first kappa shape index (κ1) is 19.1. The Labute approximate surface area is 160 Å². The van der Waals surface area contributed by atoms with E-state index in [1.807, 2.05) is 30.3 Å². The zero-order valence-electron chi connectivity index (χ0n) is 15.4. The first-order valence-electron chi connectivity index (χ1n) is 8.45. The number of nitrogens with zero attached hydrogens (tertiary/aromatic N) is 4. The third kappa shape index (κ3) is 4.74. The number of hydrogen-bond acceptors (Lipinski definition) is 8. The molecule has 142 valence electrons. The number of aromatic nitrogens is 4. The van der Waals surface area contributed by atoms with Crippen molar-refractivity contribution < 1.29 is 18.9 Å². The second kappa shape index (κ2) is 8.83. The molecule has 0 aliphatic heterocycles. The normalized spacial score (nSPS) is 10.2. The Kier molecular flexibility index (Phi) is 6.03. The second-order valence-electron chi connectivity index (χ2n) is 5.88. The summed E-state index contributed by atoms with van der Waals surface area (Å²) in [5.41, 5.74) is 3.08. The lowest BCUT2D eigenvalue weighted by atomic mass is 10.1. The molecule has 0 fully saturated rings. The van der Waals surface area contributed by atoms with Crippen molar-refractivity contribution in [2.24, 2.45) is 0 Å². The van der Waals surface area contributed by atoms with Crippen molar-refractivity contribution >= 4 is 6.29 Å². The van der Waals surface area contributed by atoms with Crippen molar-refractivity contribution in [1.82, 2.24) is 20.3 Å². The Morgan fingerprint density at radius 2 is 1.46 bits per heavy atom. The molecule has 0 aliphatic carbocycles. The van der Waals surface area contributed by atoms with Gasteiger partial charge in [0, 0.05) is 30.5 Å². The maximum Gasteiger partial charge on any atom is 0.223 e. The van der Waals surface area contributed by atoms with Gasteiger partial charge in [-0.05, 0) is 17.7 Å². The van der Waals surface area contributed by atoms with Crippen molar-refractivity contribution in [2.45, 2.75) is 20.5 Å². The largest absolute Gasteiger partial charge is 0.392 e. The zero-order chi connectivity index (χ0) is 19.9. The minimum atomic E-state index is 0.0185. The van der Waals surface area contributed by atoms with Crippen LogP contribution in [-0.2, 0) is 6.61 Å². The summed E-state index contributed by atoms with van der Waals surface area (Å²) in [6.45, 7) is 3.48. The molecule has 0 atom stereocenters. The Hall–Kier alpha value is -3.65. The summed E-state index contributed by atoms with van der Waals surface area (Å²) < 4.78 is 9.71. The van der Waals surface area contributed by atoms with Crippen molar-refractivity contribution in [3.8, 4) is 22.8 Å². The van der Waals surface area contributed by atoms with Crippen molar-refractivity contribution in [3.63, 3.8) is 0 Å². The number of carbonyl (C=O) groups is 1. The van der Waals surface area contributed by atoms with Crippen molar-refractivity contribution in [1.29, 1.82) is 0 Å². The van der Waals surface area contributed by atoms with Gasteiger partial charge in [-0.15, -0.1) is 0 Å². The van der Waals surface area contributed by atoms with E-state index < -0.39 is 0 Å². The van der Waals surface area contributed by atoms with E-state index >= 15 is 0 Å². The highest BCUT2D eigenvalue weighted by atomic mass is 16.5. The lowest BCUT2D eigenvalue weighted by Gasteiger charge is -1.97. The van der Waals surface area contributed by atoms with Gasteiger partial charge in [0.1, 0.15) is 6.29 Å². The number of hydrogen-bond donors (Lipinski definition) is 1. The molecule has 0 aliphatic rings. The number of aryl methyl sites for hydroxylation is 2. The summed E-state index contributed by atoms with van der Waals surface area (Å²) >= 11 is 0. The van der Waals surface area contributed by atoms with Crippen LogP contribution in [0.3, 0.4) is 0 Å². The van der Waals surface area contributed by atoms with Crippen LogP contribution in [0.5, 0.6) is 0 Å². The predicted molar refractivity (Wildman–Crippen MR) is 100 cm³/mol. The molecule has 8 heteroatoms. The molecule has 0 amide bonds. The molecule has 0 saturated heterocycles. The van der Waals surface area contributed by atoms with Gasteiger partial charge in [-0.1, -0.05) is 46.7 Å². The lowest BCUT2D eigenvalue weighted by Crippen LogP contribution is -1.85. The molecule has 0 saturated carbocycles. The average molecular weight is 378 g/mol. The Morgan fingerprint density at radius 1 is 0.893 bits per heavy atom. The summed E-state index contributed by atoms with van der Waals surface area (Å²) in [5, 5.41) is 16.5. The molecular formula is C20H18N4O4. The van der Waals surface area contributed by atoms with Crippen LogP contribution in [0.25, 0.3) is 22.8 Å². The molecule has 4 aromatic rings. The van der Waals surface area contributed by atoms with Gasteiger partial charge in [0.2, 0.25) is 23.4 Å². The molecule has 0 spiro atoms. The van der Waals surface area contributed by atoms with E-state index in [4.69, 9.17) is 14.2 Å². The van der Waals surface area contributed by atoms with Crippen LogP contribution in [0, 0.1) is 13.8 Å². The average Bonchev–Trinajstić information content (AvgIpc) is 3.37. The maximum absolute atomic E-state index is 10.5. The summed E-state index contributed by atoms with van der Waals surface area (Å²) in [7, 11) is 0. The number of carbonyl (C=O) groups excluding carboxylic acids is 1. The first-order valence-corrected chi connectivity index (χ1v) is 8.45. The fourth-order valence-corrected chi connectivity index (χ4v) is 2.39. The van der Waals surface area contributed by atoms with E-state index in [9.17, 15) is 4.79 Å². The lowest BCUT2D eigenvalue weighted by molar-refractivity contribution is 0.112. The van der Waals surface area contributed by atoms with E-state index in [2.05, 4.69) is 20.3 Å². The predicted octanol–water partition coefficient (Wildman–Crippen LogP) is 3.39. The van der Waals surface area contributed by atoms with Crippen LogP contribution in [0.1, 0.15) is 27.7 Å². The smallest absolute Gasteiger partial charge is 0.223 e. The summed E-state index contributed by atoms with van der Waals surface area (Å²) in [4.78, 5) is 18.7. The highest BCUT2D eigenvalue weighted by Gasteiger charge is 2.06. The minimum Gasteiger partial charge on any atom is -0.392 e. The number of aliphatic hydroxyl groups is 1. The van der Waals surface area contributed by atoms with Gasteiger partial charge in [0.15, 0.2) is 0 Å². The molecule has 28 heavy (non-hydrogen) atoms. The molecule has 0 unspecified atom stereocenters. The molecule has 2 heterocycles. The molecular weight excluding hydrogens is 360 g/mol. The molecule has 2 aromatic carbocycles. The van der Waals surface area contributed by atoms with Crippen LogP contribution in [0.4, 0.5) is 0 Å². The van der Waals surface area contributed by atoms with Gasteiger partial charge in [-0.2, -0.15) is 9.97 Å². The van der Waals surface area contributed by atoms with Gasteiger partial charge < -0.3 is 14.2 Å². The quantitative estimate of drug-likeness (QED) is 0.537. The van der Waals surface area contributed by atoms with E-state index in [0.29, 0.717) is 29.0 Å². The number of aldehydes is 1. The number of aliphatic hydroxyl groups excluding tert-OH is 1. The molecule has 2 aromatic heterocycles. The van der Waals surface area contributed by atoms with Crippen LogP contribution in [0.15, 0.2) is 57.6 Å². The van der Waals surface area contributed by atoms with Gasteiger partial charge in [0.25, 0.3) is 0 Å². The number of rotatable bonds is 4. The molecule has 0 radical (unpaired) electrons. The van der Waals surface area contributed by atoms with Gasteiger partial charge in [-0.25, -0.2) is 0 Å². The van der Waals surface area contributed by atoms with E-state index in [0.717, 1.165) is 23.0 Å². The standard InChI is InChI=1S/C10H10N2O2.C10H8N2O2/c2*1-7-11-10(12-14-7)9-4-2-3-8(5-9)6-13/h2-5,13H,6H2,1H3;2-6H,1H3. The van der Waals surface area contributed by atoms with Crippen molar-refractivity contribution in [3.05, 3.63) is 71.4 Å². The van der Waals surface area contributed by atoms with E-state index in [-0.39, 0.29) is 6.61 Å². The van der Waals surface area contributed by atoms with Crippen LogP contribution in [0.2, 0.25) is 0 Å². The molecule has 8 nitrogen and oxygen atoms in total. The first-order chi connectivity index (χ1) is 13.6. The highest BCUT2D eigenvalue weighted by Crippen LogP contribution is 2.17. The topological polar surface area (TPSA) is 115 Å². The zero-order valence-corrected chi connectivity index (χ0v) is 15.4. The number of benzene rings is 2. The second-order valence-corrected chi connectivity index (χ2v) is 5.88. The Balaban J connectivity index is 0.000000161. The molecule has 1 N–H and O–H groups in total. The van der Waals surface area contributed by atoms with Crippen LogP contribution < -0.4 is 0 Å².